The van der Waals surface area contributed by atoms with Gasteiger partial charge < -0.3 is 0 Å². The summed E-state index contributed by atoms with van der Waals surface area (Å²) in [6.45, 7) is 1.33. The predicted octanol–water partition coefficient (Wildman–Crippen LogP) is 3.78. The lowest BCUT2D eigenvalue weighted by molar-refractivity contribution is 0.103. The van der Waals surface area contributed by atoms with E-state index in [9.17, 15) is 22.4 Å². The third-order valence-electron chi connectivity index (χ3n) is 2.69. The lowest BCUT2D eigenvalue weighted by Crippen LogP contribution is -2.09. The Bertz CT molecular complexity index is 665. The Hall–Kier alpha value is -2.17. The van der Waals surface area contributed by atoms with Gasteiger partial charge in [0.2, 0.25) is 0 Å². The normalized spacial score (nSPS) is 10.6. The van der Waals surface area contributed by atoms with Gasteiger partial charge in [-0.25, -0.2) is 17.6 Å². The van der Waals surface area contributed by atoms with Crippen LogP contribution in [0.3, 0.4) is 0 Å². The molecule has 2 aromatic carbocycles. The van der Waals surface area contributed by atoms with Crippen molar-refractivity contribution in [3.05, 3.63) is 70.3 Å². The molecular formula is C14H8F4O. The standard InChI is InChI=1S/C14H8F4O/c1-7-2-4-9(13(18)12(7)17)14(19)10-6-8(15)3-5-11(10)16/h2-6H,1H3. The number of ketones is 1. The molecule has 0 atom stereocenters. The molecular weight excluding hydrogens is 260 g/mol. The summed E-state index contributed by atoms with van der Waals surface area (Å²) in [7, 11) is 0. The second kappa shape index (κ2) is 4.84. The molecule has 0 spiro atoms. The molecule has 0 saturated heterocycles. The number of carbonyl (C=O) groups excluding carboxylic acids is 1. The minimum Gasteiger partial charge on any atom is -0.288 e. The SMILES string of the molecule is Cc1ccc(C(=O)c2cc(F)ccc2F)c(F)c1F. The lowest BCUT2D eigenvalue weighted by atomic mass is 10.0. The Morgan fingerprint density at radius 1 is 0.895 bits per heavy atom. The molecule has 19 heavy (non-hydrogen) atoms. The van der Waals surface area contributed by atoms with Gasteiger partial charge in [-0.2, -0.15) is 0 Å². The zero-order valence-electron chi connectivity index (χ0n) is 9.81. The van der Waals surface area contributed by atoms with E-state index in [1.807, 2.05) is 0 Å². The first kappa shape index (κ1) is 13.3. The molecule has 0 unspecified atom stereocenters. The molecule has 0 amide bonds. The van der Waals surface area contributed by atoms with Gasteiger partial charge in [0, 0.05) is 0 Å². The fourth-order valence-corrected chi connectivity index (χ4v) is 1.64. The summed E-state index contributed by atoms with van der Waals surface area (Å²) in [5, 5.41) is 0. The maximum Gasteiger partial charge on any atom is 0.199 e. The van der Waals surface area contributed by atoms with Crippen LogP contribution in [-0.2, 0) is 0 Å². The summed E-state index contributed by atoms with van der Waals surface area (Å²) < 4.78 is 53.4. The smallest absolute Gasteiger partial charge is 0.199 e. The number of aryl methyl sites for hydroxylation is 1. The van der Waals surface area contributed by atoms with Crippen molar-refractivity contribution in [2.45, 2.75) is 6.92 Å². The molecule has 0 fully saturated rings. The van der Waals surface area contributed by atoms with Crippen molar-refractivity contribution in [3.8, 4) is 0 Å². The Balaban J connectivity index is 2.56. The highest BCUT2D eigenvalue weighted by Gasteiger charge is 2.21. The minimum atomic E-state index is -1.37. The van der Waals surface area contributed by atoms with Gasteiger partial charge in [-0.3, -0.25) is 4.79 Å². The van der Waals surface area contributed by atoms with Gasteiger partial charge >= 0.3 is 0 Å². The number of benzene rings is 2. The molecule has 1 nitrogen and oxygen atoms in total. The monoisotopic (exact) mass is 268 g/mol. The zero-order valence-corrected chi connectivity index (χ0v) is 9.81. The van der Waals surface area contributed by atoms with E-state index < -0.39 is 40.2 Å². The molecule has 0 heterocycles. The average molecular weight is 268 g/mol. The van der Waals surface area contributed by atoms with Crippen molar-refractivity contribution in [2.75, 3.05) is 0 Å². The molecule has 2 aromatic rings. The number of halogens is 4. The molecule has 0 aromatic heterocycles. The molecule has 0 bridgehead atoms. The highest BCUT2D eigenvalue weighted by atomic mass is 19.2. The van der Waals surface area contributed by atoms with Crippen molar-refractivity contribution in [2.24, 2.45) is 0 Å². The van der Waals surface area contributed by atoms with Gasteiger partial charge in [-0.1, -0.05) is 6.07 Å². The first-order valence-electron chi connectivity index (χ1n) is 5.36. The number of carbonyl (C=O) groups is 1. The van der Waals surface area contributed by atoms with Crippen molar-refractivity contribution in [1.29, 1.82) is 0 Å². The third kappa shape index (κ3) is 2.36. The first-order chi connectivity index (χ1) is 8.91. The topological polar surface area (TPSA) is 17.1 Å². The quantitative estimate of drug-likeness (QED) is 0.598. The van der Waals surface area contributed by atoms with E-state index in [2.05, 4.69) is 0 Å². The zero-order chi connectivity index (χ0) is 14.2. The van der Waals surface area contributed by atoms with Crippen LogP contribution in [0.2, 0.25) is 0 Å². The largest absolute Gasteiger partial charge is 0.288 e. The molecule has 0 N–H and O–H groups in total. The summed E-state index contributed by atoms with van der Waals surface area (Å²) in [4.78, 5) is 11.9. The summed E-state index contributed by atoms with van der Waals surface area (Å²) in [5.74, 6) is -5.48. The van der Waals surface area contributed by atoms with Crippen LogP contribution in [0.4, 0.5) is 17.6 Å². The van der Waals surface area contributed by atoms with E-state index in [0.29, 0.717) is 6.07 Å². The number of rotatable bonds is 2. The Morgan fingerprint density at radius 2 is 1.58 bits per heavy atom. The molecule has 0 aliphatic carbocycles. The highest BCUT2D eigenvalue weighted by Crippen LogP contribution is 2.20. The van der Waals surface area contributed by atoms with Crippen molar-refractivity contribution >= 4 is 5.78 Å². The first-order valence-corrected chi connectivity index (χ1v) is 5.36. The fourth-order valence-electron chi connectivity index (χ4n) is 1.64. The van der Waals surface area contributed by atoms with E-state index in [1.165, 1.54) is 13.0 Å². The number of hydrogen-bond donors (Lipinski definition) is 0. The highest BCUT2D eigenvalue weighted by molar-refractivity contribution is 6.09. The molecule has 5 heteroatoms. The van der Waals surface area contributed by atoms with Gasteiger partial charge in [-0.15, -0.1) is 0 Å². The average Bonchev–Trinajstić information content (AvgIpc) is 2.38. The molecule has 0 aliphatic heterocycles. The van der Waals surface area contributed by atoms with Crippen LogP contribution in [-0.4, -0.2) is 5.78 Å². The fraction of sp³-hybridized carbons (Fsp3) is 0.0714. The van der Waals surface area contributed by atoms with Gasteiger partial charge in [0.1, 0.15) is 11.6 Å². The van der Waals surface area contributed by atoms with Crippen LogP contribution < -0.4 is 0 Å². The minimum absolute atomic E-state index is 0.0220. The van der Waals surface area contributed by atoms with Gasteiger partial charge in [-0.05, 0) is 36.8 Å². The summed E-state index contributed by atoms with van der Waals surface area (Å²) in [5.41, 5.74) is -1.25. The maximum atomic E-state index is 13.6. The van der Waals surface area contributed by atoms with E-state index in [4.69, 9.17) is 0 Å². The van der Waals surface area contributed by atoms with Crippen LogP contribution in [0.15, 0.2) is 30.3 Å². The lowest BCUT2D eigenvalue weighted by Gasteiger charge is -2.06. The Morgan fingerprint density at radius 3 is 2.26 bits per heavy atom. The van der Waals surface area contributed by atoms with Gasteiger partial charge in [0.15, 0.2) is 17.4 Å². The van der Waals surface area contributed by atoms with Crippen molar-refractivity contribution in [3.63, 3.8) is 0 Å². The summed E-state index contributed by atoms with van der Waals surface area (Å²) in [6.07, 6.45) is 0. The maximum absolute atomic E-state index is 13.6. The van der Waals surface area contributed by atoms with E-state index in [1.54, 1.807) is 0 Å². The van der Waals surface area contributed by atoms with Crippen LogP contribution in [0, 0.1) is 30.2 Å². The molecule has 98 valence electrons. The van der Waals surface area contributed by atoms with Crippen molar-refractivity contribution in [1.82, 2.24) is 0 Å². The summed E-state index contributed by atoms with van der Waals surface area (Å²) >= 11 is 0. The number of hydrogen-bond acceptors (Lipinski definition) is 1. The van der Waals surface area contributed by atoms with Crippen LogP contribution in [0.5, 0.6) is 0 Å². The Labute approximate surface area is 106 Å². The van der Waals surface area contributed by atoms with E-state index in [0.717, 1.165) is 18.2 Å². The molecule has 0 saturated carbocycles. The van der Waals surface area contributed by atoms with Gasteiger partial charge in [0.25, 0.3) is 0 Å². The van der Waals surface area contributed by atoms with Crippen LogP contribution in [0.1, 0.15) is 21.5 Å². The third-order valence-corrected chi connectivity index (χ3v) is 2.69. The molecule has 2 rings (SSSR count). The summed E-state index contributed by atoms with van der Waals surface area (Å²) in [6, 6.07) is 4.47. The predicted molar refractivity (Wildman–Crippen MR) is 60.9 cm³/mol. The van der Waals surface area contributed by atoms with Gasteiger partial charge in [0.05, 0.1) is 11.1 Å². The van der Waals surface area contributed by atoms with E-state index >= 15 is 0 Å². The molecule has 0 aliphatic rings. The second-order valence-corrected chi connectivity index (χ2v) is 4.01. The van der Waals surface area contributed by atoms with E-state index in [-0.39, 0.29) is 5.56 Å². The second-order valence-electron chi connectivity index (χ2n) is 4.01. The Kier molecular flexibility index (Phi) is 3.38. The van der Waals surface area contributed by atoms with Crippen LogP contribution in [0.25, 0.3) is 0 Å². The van der Waals surface area contributed by atoms with Crippen LogP contribution >= 0.6 is 0 Å². The van der Waals surface area contributed by atoms with Crippen molar-refractivity contribution < 1.29 is 22.4 Å². The molecule has 0 radical (unpaired) electrons.